The Kier molecular flexibility index (Phi) is 6.64. The number of nitrogens with zero attached hydrogens (tertiary/aromatic N) is 1. The summed E-state index contributed by atoms with van der Waals surface area (Å²) in [5.41, 5.74) is 1.36. The zero-order valence-corrected chi connectivity index (χ0v) is 17.5. The lowest BCUT2D eigenvalue weighted by Gasteiger charge is -2.32. The number of benzene rings is 2. The normalized spacial score (nSPS) is 15.0. The van der Waals surface area contributed by atoms with Crippen LogP contribution in [0.5, 0.6) is 17.2 Å². The molecule has 31 heavy (non-hydrogen) atoms. The molecule has 0 spiro atoms. The topological polar surface area (TPSA) is 114 Å². The van der Waals surface area contributed by atoms with E-state index in [2.05, 4.69) is 5.32 Å². The van der Waals surface area contributed by atoms with Crippen LogP contribution in [0, 0.1) is 0 Å². The summed E-state index contributed by atoms with van der Waals surface area (Å²) < 4.78 is 16.0. The second-order valence-corrected chi connectivity index (χ2v) is 6.96. The van der Waals surface area contributed by atoms with Crippen molar-refractivity contribution in [1.29, 1.82) is 0 Å². The standard InChI is InChI=1S/C22H24N2O7/c1-13-21(26)24(16-6-5-15(22(27)28)11-18(16)31-13)12-20(25)23-9-8-14-4-7-17(29-2)19(10-14)30-3/h4-7,10-11,13H,8-9,12H2,1-3H3,(H,23,25)(H,27,28). The molecule has 0 saturated heterocycles. The van der Waals surface area contributed by atoms with Crippen LogP contribution in [0.4, 0.5) is 5.69 Å². The molecule has 0 radical (unpaired) electrons. The number of anilines is 1. The van der Waals surface area contributed by atoms with E-state index in [1.165, 1.54) is 23.1 Å². The Labute approximate surface area is 179 Å². The van der Waals surface area contributed by atoms with Crippen molar-refractivity contribution >= 4 is 23.5 Å². The molecule has 9 heteroatoms. The van der Waals surface area contributed by atoms with Crippen molar-refractivity contribution in [2.75, 3.05) is 32.2 Å². The van der Waals surface area contributed by atoms with Gasteiger partial charge in [0.2, 0.25) is 5.91 Å². The highest BCUT2D eigenvalue weighted by atomic mass is 16.5. The molecule has 1 aliphatic rings. The summed E-state index contributed by atoms with van der Waals surface area (Å²) in [6, 6.07) is 9.72. The van der Waals surface area contributed by atoms with Crippen LogP contribution in [0.15, 0.2) is 36.4 Å². The molecule has 0 bridgehead atoms. The average Bonchev–Trinajstić information content (AvgIpc) is 2.76. The maximum atomic E-state index is 12.5. The summed E-state index contributed by atoms with van der Waals surface area (Å²) in [5, 5.41) is 12.0. The summed E-state index contributed by atoms with van der Waals surface area (Å²) in [6.45, 7) is 1.73. The summed E-state index contributed by atoms with van der Waals surface area (Å²) in [6.07, 6.45) is -0.255. The Morgan fingerprint density at radius 3 is 2.55 bits per heavy atom. The van der Waals surface area contributed by atoms with Gasteiger partial charge in [0, 0.05) is 6.54 Å². The van der Waals surface area contributed by atoms with Gasteiger partial charge in [-0.15, -0.1) is 0 Å². The number of hydrogen-bond donors (Lipinski definition) is 2. The maximum Gasteiger partial charge on any atom is 0.335 e. The molecule has 0 fully saturated rings. The first kappa shape index (κ1) is 21.9. The molecular weight excluding hydrogens is 404 g/mol. The number of carboxylic acid groups (broad SMARTS) is 1. The molecule has 2 amide bonds. The van der Waals surface area contributed by atoms with Crippen LogP contribution in [-0.4, -0.2) is 56.3 Å². The molecule has 1 aliphatic heterocycles. The molecule has 2 aromatic rings. The highest BCUT2D eigenvalue weighted by Gasteiger charge is 2.33. The largest absolute Gasteiger partial charge is 0.493 e. The first-order chi connectivity index (χ1) is 14.8. The van der Waals surface area contributed by atoms with Crippen molar-refractivity contribution in [2.24, 2.45) is 0 Å². The van der Waals surface area contributed by atoms with Gasteiger partial charge in [0.05, 0.1) is 25.5 Å². The highest BCUT2D eigenvalue weighted by molar-refractivity contribution is 6.04. The molecular formula is C22H24N2O7. The van der Waals surface area contributed by atoms with E-state index in [4.69, 9.17) is 19.3 Å². The highest BCUT2D eigenvalue weighted by Crippen LogP contribution is 2.34. The molecule has 1 unspecified atom stereocenters. The lowest BCUT2D eigenvalue weighted by molar-refractivity contribution is -0.128. The molecule has 0 aromatic heterocycles. The number of nitrogens with one attached hydrogen (secondary N) is 1. The van der Waals surface area contributed by atoms with Crippen molar-refractivity contribution < 1.29 is 33.7 Å². The van der Waals surface area contributed by atoms with E-state index in [-0.39, 0.29) is 29.7 Å². The predicted molar refractivity (Wildman–Crippen MR) is 112 cm³/mol. The second-order valence-electron chi connectivity index (χ2n) is 6.96. The molecule has 0 aliphatic carbocycles. The number of methoxy groups -OCH3 is 2. The summed E-state index contributed by atoms with van der Waals surface area (Å²) in [4.78, 5) is 37.5. The minimum atomic E-state index is -1.10. The molecule has 164 valence electrons. The van der Waals surface area contributed by atoms with Crippen LogP contribution in [0.2, 0.25) is 0 Å². The van der Waals surface area contributed by atoms with Crippen LogP contribution >= 0.6 is 0 Å². The van der Waals surface area contributed by atoms with Gasteiger partial charge in [0.1, 0.15) is 12.3 Å². The molecule has 2 N–H and O–H groups in total. The lowest BCUT2D eigenvalue weighted by atomic mass is 10.1. The summed E-state index contributed by atoms with van der Waals surface area (Å²) in [7, 11) is 3.12. The Morgan fingerprint density at radius 2 is 1.87 bits per heavy atom. The third-order valence-electron chi connectivity index (χ3n) is 4.90. The minimum absolute atomic E-state index is 0.0413. The smallest absolute Gasteiger partial charge is 0.335 e. The van der Waals surface area contributed by atoms with Crippen LogP contribution < -0.4 is 24.4 Å². The molecule has 2 aromatic carbocycles. The van der Waals surface area contributed by atoms with E-state index >= 15 is 0 Å². The van der Waals surface area contributed by atoms with Crippen LogP contribution in [0.3, 0.4) is 0 Å². The van der Waals surface area contributed by atoms with Crippen molar-refractivity contribution in [1.82, 2.24) is 5.32 Å². The van der Waals surface area contributed by atoms with Gasteiger partial charge in [-0.05, 0) is 49.2 Å². The first-order valence-corrected chi connectivity index (χ1v) is 9.67. The Hall–Kier alpha value is -3.75. The predicted octanol–water partition coefficient (Wildman–Crippen LogP) is 1.87. The fourth-order valence-electron chi connectivity index (χ4n) is 3.29. The zero-order valence-electron chi connectivity index (χ0n) is 17.5. The molecule has 0 saturated carbocycles. The van der Waals surface area contributed by atoms with Gasteiger partial charge in [-0.1, -0.05) is 6.07 Å². The number of amides is 2. The number of rotatable bonds is 8. The van der Waals surface area contributed by atoms with Crippen molar-refractivity contribution in [3.05, 3.63) is 47.5 Å². The molecule has 3 rings (SSSR count). The number of fused-ring (bicyclic) bond motifs is 1. The first-order valence-electron chi connectivity index (χ1n) is 9.67. The Balaban J connectivity index is 1.64. The van der Waals surface area contributed by atoms with Crippen molar-refractivity contribution in [3.8, 4) is 17.2 Å². The van der Waals surface area contributed by atoms with Gasteiger partial charge in [-0.3, -0.25) is 14.5 Å². The number of carboxylic acids is 1. The minimum Gasteiger partial charge on any atom is -0.493 e. The summed E-state index contributed by atoms with van der Waals surface area (Å²) in [5.74, 6) is -0.320. The van der Waals surface area contributed by atoms with E-state index in [0.29, 0.717) is 30.2 Å². The molecule has 1 heterocycles. The number of carbonyl (C=O) groups is 3. The number of carbonyl (C=O) groups excluding carboxylic acids is 2. The van der Waals surface area contributed by atoms with Gasteiger partial charge in [0.15, 0.2) is 17.6 Å². The van der Waals surface area contributed by atoms with Crippen molar-refractivity contribution in [3.63, 3.8) is 0 Å². The summed E-state index contributed by atoms with van der Waals surface area (Å²) >= 11 is 0. The fourth-order valence-corrected chi connectivity index (χ4v) is 3.29. The van der Waals surface area contributed by atoms with Crippen LogP contribution in [-0.2, 0) is 16.0 Å². The van der Waals surface area contributed by atoms with Gasteiger partial charge in [-0.25, -0.2) is 4.79 Å². The van der Waals surface area contributed by atoms with E-state index in [1.54, 1.807) is 27.2 Å². The third-order valence-corrected chi connectivity index (χ3v) is 4.90. The van der Waals surface area contributed by atoms with Crippen LogP contribution in [0.1, 0.15) is 22.8 Å². The van der Waals surface area contributed by atoms with Crippen molar-refractivity contribution in [2.45, 2.75) is 19.4 Å². The number of ether oxygens (including phenoxy) is 3. The monoisotopic (exact) mass is 428 g/mol. The Morgan fingerprint density at radius 1 is 1.13 bits per heavy atom. The maximum absolute atomic E-state index is 12.5. The third kappa shape index (κ3) is 4.88. The van der Waals surface area contributed by atoms with Gasteiger partial charge in [-0.2, -0.15) is 0 Å². The lowest BCUT2D eigenvalue weighted by Crippen LogP contribution is -2.49. The van der Waals surface area contributed by atoms with Gasteiger partial charge >= 0.3 is 5.97 Å². The molecule has 1 atom stereocenters. The second kappa shape index (κ2) is 9.38. The van der Waals surface area contributed by atoms with Crippen LogP contribution in [0.25, 0.3) is 0 Å². The van der Waals surface area contributed by atoms with E-state index in [0.717, 1.165) is 5.56 Å². The number of aromatic carboxylic acids is 1. The SMILES string of the molecule is COc1ccc(CCNC(=O)CN2C(=O)C(C)Oc3cc(C(=O)O)ccc32)cc1OC. The fraction of sp³-hybridized carbons (Fsp3) is 0.318. The van der Waals surface area contributed by atoms with E-state index < -0.39 is 12.1 Å². The van der Waals surface area contributed by atoms with E-state index in [9.17, 15) is 14.4 Å². The molecule has 9 nitrogen and oxygen atoms in total. The quantitative estimate of drug-likeness (QED) is 0.660. The van der Waals surface area contributed by atoms with E-state index in [1.807, 2.05) is 12.1 Å². The van der Waals surface area contributed by atoms with Gasteiger partial charge < -0.3 is 24.6 Å². The Bertz CT molecular complexity index is 1010. The average molecular weight is 428 g/mol. The number of hydrogen-bond acceptors (Lipinski definition) is 6. The van der Waals surface area contributed by atoms with Gasteiger partial charge in [0.25, 0.3) is 5.91 Å². The zero-order chi connectivity index (χ0) is 22.5.